The zero-order valence-corrected chi connectivity index (χ0v) is 16.9. The Hall–Kier alpha value is -2.91. The second-order valence-corrected chi connectivity index (χ2v) is 8.06. The summed E-state index contributed by atoms with van der Waals surface area (Å²) in [4.78, 5) is 4.45. The molecule has 0 radical (unpaired) electrons. The van der Waals surface area contributed by atoms with Crippen LogP contribution < -0.4 is 10.1 Å². The van der Waals surface area contributed by atoms with E-state index in [0.717, 1.165) is 20.7 Å². The van der Waals surface area contributed by atoms with E-state index in [2.05, 4.69) is 32.6 Å². The maximum atomic E-state index is 5.36. The van der Waals surface area contributed by atoms with E-state index in [4.69, 9.17) is 9.26 Å². The molecule has 0 aliphatic heterocycles. The molecule has 9 heteroatoms. The minimum atomic E-state index is 0.507. The average molecular weight is 412 g/mol. The summed E-state index contributed by atoms with van der Waals surface area (Å²) in [5.74, 6) is 2.25. The van der Waals surface area contributed by atoms with Crippen LogP contribution in [-0.2, 0) is 5.75 Å². The number of rotatable bonds is 7. The van der Waals surface area contributed by atoms with E-state index in [1.54, 1.807) is 7.11 Å². The first-order valence-corrected chi connectivity index (χ1v) is 10.3. The van der Waals surface area contributed by atoms with Gasteiger partial charge in [-0.1, -0.05) is 58.1 Å². The SMILES string of the molecule is COc1ccccc1-c1noc(CSc2nnc(Nc3ccc(C)cc3)s2)n1. The van der Waals surface area contributed by atoms with Gasteiger partial charge in [0.25, 0.3) is 0 Å². The zero-order valence-electron chi connectivity index (χ0n) is 15.2. The van der Waals surface area contributed by atoms with Gasteiger partial charge in [-0.2, -0.15) is 4.98 Å². The second-order valence-electron chi connectivity index (χ2n) is 5.86. The summed E-state index contributed by atoms with van der Waals surface area (Å²) in [5.41, 5.74) is 2.99. The van der Waals surface area contributed by atoms with E-state index in [1.807, 2.05) is 48.5 Å². The van der Waals surface area contributed by atoms with Crippen LogP contribution in [0.4, 0.5) is 10.8 Å². The fourth-order valence-electron chi connectivity index (χ4n) is 2.45. The molecule has 0 saturated carbocycles. The van der Waals surface area contributed by atoms with Gasteiger partial charge < -0.3 is 14.6 Å². The number of aryl methyl sites for hydroxylation is 1. The second kappa shape index (κ2) is 8.41. The van der Waals surface area contributed by atoms with Crippen LogP contribution in [0.2, 0.25) is 0 Å². The molecule has 142 valence electrons. The Kier molecular flexibility index (Phi) is 5.54. The van der Waals surface area contributed by atoms with Crippen molar-refractivity contribution in [2.45, 2.75) is 17.0 Å². The maximum Gasteiger partial charge on any atom is 0.237 e. The molecule has 0 atom stereocenters. The minimum absolute atomic E-state index is 0.507. The zero-order chi connectivity index (χ0) is 19.3. The molecule has 0 bridgehead atoms. The molecule has 4 rings (SSSR count). The molecule has 4 aromatic rings. The molecular weight excluding hydrogens is 394 g/mol. The molecule has 0 fully saturated rings. The van der Waals surface area contributed by atoms with Crippen LogP contribution in [-0.4, -0.2) is 27.4 Å². The molecule has 0 spiro atoms. The number of para-hydroxylation sites is 1. The van der Waals surface area contributed by atoms with Crippen molar-refractivity contribution in [2.75, 3.05) is 12.4 Å². The lowest BCUT2D eigenvalue weighted by molar-refractivity contribution is 0.390. The highest BCUT2D eigenvalue weighted by molar-refractivity contribution is 8.00. The molecule has 0 unspecified atom stereocenters. The van der Waals surface area contributed by atoms with E-state index in [0.29, 0.717) is 23.2 Å². The summed E-state index contributed by atoms with van der Waals surface area (Å²) in [5, 5.41) is 16.4. The van der Waals surface area contributed by atoms with Crippen molar-refractivity contribution < 1.29 is 9.26 Å². The maximum absolute atomic E-state index is 5.36. The van der Waals surface area contributed by atoms with Crippen LogP contribution in [0.5, 0.6) is 5.75 Å². The molecular formula is C19H17N5O2S2. The van der Waals surface area contributed by atoms with Gasteiger partial charge in [-0.05, 0) is 31.2 Å². The van der Waals surface area contributed by atoms with Crippen molar-refractivity contribution in [1.29, 1.82) is 0 Å². The number of nitrogens with one attached hydrogen (secondary N) is 1. The molecule has 0 amide bonds. The molecule has 2 aromatic heterocycles. The normalized spacial score (nSPS) is 10.8. The first-order valence-electron chi connectivity index (χ1n) is 8.47. The lowest BCUT2D eigenvalue weighted by Gasteiger charge is -2.02. The van der Waals surface area contributed by atoms with E-state index in [1.165, 1.54) is 28.7 Å². The summed E-state index contributed by atoms with van der Waals surface area (Å²) < 4.78 is 11.5. The van der Waals surface area contributed by atoms with Crippen LogP contribution in [0.25, 0.3) is 11.4 Å². The van der Waals surface area contributed by atoms with Crippen LogP contribution in [0.3, 0.4) is 0 Å². The third-order valence-corrected chi connectivity index (χ3v) is 5.80. The summed E-state index contributed by atoms with van der Waals surface area (Å²) in [6.45, 7) is 2.06. The van der Waals surface area contributed by atoms with Gasteiger partial charge in [-0.25, -0.2) is 0 Å². The Morgan fingerprint density at radius 3 is 2.75 bits per heavy atom. The quantitative estimate of drug-likeness (QED) is 0.428. The number of thioether (sulfide) groups is 1. The Labute approximate surface area is 170 Å². The number of ether oxygens (including phenoxy) is 1. The first kappa shape index (κ1) is 18.5. The summed E-state index contributed by atoms with van der Waals surface area (Å²) in [6, 6.07) is 15.7. The van der Waals surface area contributed by atoms with E-state index < -0.39 is 0 Å². The van der Waals surface area contributed by atoms with Gasteiger partial charge in [0.2, 0.25) is 16.8 Å². The Bertz CT molecular complexity index is 1060. The van der Waals surface area contributed by atoms with Crippen molar-refractivity contribution in [3.8, 4) is 17.1 Å². The van der Waals surface area contributed by atoms with Crippen LogP contribution >= 0.6 is 23.1 Å². The number of benzene rings is 2. The number of hydrogen-bond acceptors (Lipinski definition) is 9. The summed E-state index contributed by atoms with van der Waals surface area (Å²) in [6.07, 6.45) is 0. The van der Waals surface area contributed by atoms with Crippen molar-refractivity contribution in [3.63, 3.8) is 0 Å². The van der Waals surface area contributed by atoms with E-state index in [-0.39, 0.29) is 0 Å². The average Bonchev–Trinajstić information content (AvgIpc) is 3.37. The van der Waals surface area contributed by atoms with Crippen molar-refractivity contribution >= 4 is 33.9 Å². The van der Waals surface area contributed by atoms with Crippen LogP contribution in [0.15, 0.2) is 57.4 Å². The number of methoxy groups -OCH3 is 1. The molecule has 1 N–H and O–H groups in total. The molecule has 0 aliphatic rings. The number of hydrogen-bond donors (Lipinski definition) is 1. The Morgan fingerprint density at radius 1 is 1.11 bits per heavy atom. The number of aromatic nitrogens is 4. The third kappa shape index (κ3) is 4.32. The van der Waals surface area contributed by atoms with Crippen molar-refractivity contribution in [1.82, 2.24) is 20.3 Å². The standard InChI is InChI=1S/C19H17N5O2S2/c1-12-7-9-13(10-8-12)20-18-22-23-19(28-18)27-11-16-21-17(24-26-16)14-5-3-4-6-15(14)25-2/h3-10H,11H2,1-2H3,(H,20,22). The highest BCUT2D eigenvalue weighted by atomic mass is 32.2. The van der Waals surface area contributed by atoms with Crippen molar-refractivity contribution in [3.05, 3.63) is 60.0 Å². The molecule has 28 heavy (non-hydrogen) atoms. The van der Waals surface area contributed by atoms with Gasteiger partial charge in [-0.15, -0.1) is 10.2 Å². The molecule has 2 heterocycles. The largest absolute Gasteiger partial charge is 0.496 e. The highest BCUT2D eigenvalue weighted by Crippen LogP contribution is 2.31. The first-order chi connectivity index (χ1) is 13.7. The minimum Gasteiger partial charge on any atom is -0.496 e. The van der Waals surface area contributed by atoms with Gasteiger partial charge in [0.1, 0.15) is 5.75 Å². The van der Waals surface area contributed by atoms with Gasteiger partial charge in [0.05, 0.1) is 18.4 Å². The topological polar surface area (TPSA) is 86.0 Å². The highest BCUT2D eigenvalue weighted by Gasteiger charge is 2.14. The molecule has 7 nitrogen and oxygen atoms in total. The third-order valence-electron chi connectivity index (χ3n) is 3.84. The lowest BCUT2D eigenvalue weighted by Crippen LogP contribution is -1.89. The fourth-order valence-corrected chi connectivity index (χ4v) is 4.06. The van der Waals surface area contributed by atoms with E-state index >= 15 is 0 Å². The summed E-state index contributed by atoms with van der Waals surface area (Å²) in [7, 11) is 1.62. The predicted molar refractivity (Wildman–Crippen MR) is 110 cm³/mol. The van der Waals surface area contributed by atoms with E-state index in [9.17, 15) is 0 Å². The summed E-state index contributed by atoms with van der Waals surface area (Å²) >= 11 is 2.98. The molecule has 2 aromatic carbocycles. The lowest BCUT2D eigenvalue weighted by atomic mass is 10.2. The number of anilines is 2. The number of nitrogens with zero attached hydrogens (tertiary/aromatic N) is 4. The molecule has 0 aliphatic carbocycles. The molecule has 0 saturated heterocycles. The monoisotopic (exact) mass is 411 g/mol. The van der Waals surface area contributed by atoms with Gasteiger partial charge in [-0.3, -0.25) is 0 Å². The predicted octanol–water partition coefficient (Wildman–Crippen LogP) is 4.94. The smallest absolute Gasteiger partial charge is 0.237 e. The Balaban J connectivity index is 1.38. The fraction of sp³-hybridized carbons (Fsp3) is 0.158. The van der Waals surface area contributed by atoms with Gasteiger partial charge in [0.15, 0.2) is 4.34 Å². The van der Waals surface area contributed by atoms with Gasteiger partial charge >= 0.3 is 0 Å². The Morgan fingerprint density at radius 2 is 1.93 bits per heavy atom. The van der Waals surface area contributed by atoms with Crippen LogP contribution in [0.1, 0.15) is 11.5 Å². The van der Waals surface area contributed by atoms with Crippen LogP contribution in [0, 0.1) is 6.92 Å². The van der Waals surface area contributed by atoms with Gasteiger partial charge in [0, 0.05) is 5.69 Å². The van der Waals surface area contributed by atoms with Crippen molar-refractivity contribution in [2.24, 2.45) is 0 Å².